The molecule has 0 spiro atoms. The predicted octanol–water partition coefficient (Wildman–Crippen LogP) is 4.70. The van der Waals surface area contributed by atoms with Crippen LogP contribution in [0.4, 0.5) is 13.2 Å². The fourth-order valence-electron chi connectivity index (χ4n) is 2.90. The summed E-state index contributed by atoms with van der Waals surface area (Å²) in [6.07, 6.45) is -3.96. The van der Waals surface area contributed by atoms with Crippen molar-refractivity contribution in [2.45, 2.75) is 33.4 Å². The highest BCUT2D eigenvalue weighted by Crippen LogP contribution is 2.27. The van der Waals surface area contributed by atoms with Crippen molar-refractivity contribution in [1.82, 2.24) is 10.2 Å². The van der Waals surface area contributed by atoms with Gasteiger partial charge in [-0.2, -0.15) is 13.2 Å². The smallest absolute Gasteiger partial charge is 0.475 e. The van der Waals surface area contributed by atoms with E-state index in [4.69, 9.17) is 21.5 Å². The highest BCUT2D eigenvalue weighted by atomic mass is 35.5. The fraction of sp³-hybridized carbons (Fsp3) is 0.550. The summed E-state index contributed by atoms with van der Waals surface area (Å²) in [6.45, 7) is 12.4. The Labute approximate surface area is 169 Å². The Hall–Kier alpha value is -1.57. The molecule has 1 saturated heterocycles. The summed E-state index contributed by atoms with van der Waals surface area (Å²) in [7, 11) is 0. The zero-order valence-electron chi connectivity index (χ0n) is 16.4. The molecule has 158 valence electrons. The van der Waals surface area contributed by atoms with E-state index in [9.17, 15) is 13.2 Å². The van der Waals surface area contributed by atoms with Gasteiger partial charge in [0.1, 0.15) is 0 Å². The van der Waals surface area contributed by atoms with Crippen LogP contribution in [0.1, 0.15) is 32.8 Å². The molecule has 8 heteroatoms. The Morgan fingerprint density at radius 1 is 1.21 bits per heavy atom. The largest absolute Gasteiger partial charge is 0.490 e. The normalized spacial score (nSPS) is 16.3. The SMILES string of the molecule is CC(CN1CCNCC1)=C(CC(C)C)c1ccc(Cl)cc1.O=C(O)C(F)(F)F. The van der Waals surface area contributed by atoms with Crippen molar-refractivity contribution in [2.24, 2.45) is 5.92 Å². The van der Waals surface area contributed by atoms with Gasteiger partial charge in [0, 0.05) is 37.7 Å². The van der Waals surface area contributed by atoms with Gasteiger partial charge in [-0.05, 0) is 42.5 Å². The monoisotopic (exact) mass is 420 g/mol. The number of alkyl halides is 3. The number of halogens is 4. The number of rotatable bonds is 5. The molecule has 0 unspecified atom stereocenters. The molecule has 2 rings (SSSR count). The van der Waals surface area contributed by atoms with Crippen LogP contribution in [0.5, 0.6) is 0 Å². The molecular formula is C20H28ClF3N2O2. The zero-order chi connectivity index (χ0) is 21.3. The molecule has 0 aliphatic carbocycles. The van der Waals surface area contributed by atoms with Gasteiger partial charge in [-0.1, -0.05) is 43.2 Å². The van der Waals surface area contributed by atoms with Crippen LogP contribution in [-0.4, -0.2) is 54.9 Å². The van der Waals surface area contributed by atoms with Gasteiger partial charge in [0.2, 0.25) is 0 Å². The third-order valence-corrected chi connectivity index (χ3v) is 4.49. The van der Waals surface area contributed by atoms with Crippen LogP contribution < -0.4 is 5.32 Å². The Morgan fingerprint density at radius 2 is 1.71 bits per heavy atom. The minimum atomic E-state index is -5.08. The number of allylic oxidation sites excluding steroid dienone is 1. The Balaban J connectivity index is 0.000000480. The minimum Gasteiger partial charge on any atom is -0.475 e. The molecule has 0 bridgehead atoms. The molecular weight excluding hydrogens is 393 g/mol. The zero-order valence-corrected chi connectivity index (χ0v) is 17.2. The van der Waals surface area contributed by atoms with Crippen molar-refractivity contribution < 1.29 is 23.1 Å². The third kappa shape index (κ3) is 9.08. The molecule has 1 fully saturated rings. The number of carboxylic acids is 1. The minimum absolute atomic E-state index is 0.661. The highest BCUT2D eigenvalue weighted by molar-refractivity contribution is 6.30. The predicted molar refractivity (Wildman–Crippen MR) is 107 cm³/mol. The van der Waals surface area contributed by atoms with Crippen molar-refractivity contribution in [3.63, 3.8) is 0 Å². The lowest BCUT2D eigenvalue weighted by atomic mass is 9.92. The highest BCUT2D eigenvalue weighted by Gasteiger charge is 2.38. The second-order valence-electron chi connectivity index (χ2n) is 7.19. The van der Waals surface area contributed by atoms with Gasteiger partial charge in [0.15, 0.2) is 0 Å². The second kappa shape index (κ2) is 11.4. The average molecular weight is 421 g/mol. The van der Waals surface area contributed by atoms with Crippen LogP contribution in [0.15, 0.2) is 29.8 Å². The number of piperazine rings is 1. The molecule has 4 nitrogen and oxygen atoms in total. The molecule has 2 N–H and O–H groups in total. The summed E-state index contributed by atoms with van der Waals surface area (Å²) in [5.74, 6) is -2.10. The molecule has 0 saturated carbocycles. The maximum Gasteiger partial charge on any atom is 0.490 e. The second-order valence-corrected chi connectivity index (χ2v) is 7.63. The lowest BCUT2D eigenvalue weighted by molar-refractivity contribution is -0.192. The summed E-state index contributed by atoms with van der Waals surface area (Å²) in [4.78, 5) is 11.4. The van der Waals surface area contributed by atoms with Gasteiger partial charge in [0.25, 0.3) is 0 Å². The van der Waals surface area contributed by atoms with Crippen molar-refractivity contribution in [1.29, 1.82) is 0 Å². The number of carbonyl (C=O) groups is 1. The van der Waals surface area contributed by atoms with E-state index in [2.05, 4.69) is 43.1 Å². The van der Waals surface area contributed by atoms with Crippen molar-refractivity contribution in [2.75, 3.05) is 32.7 Å². The van der Waals surface area contributed by atoms with E-state index >= 15 is 0 Å². The molecule has 1 aliphatic heterocycles. The van der Waals surface area contributed by atoms with Crippen LogP contribution in [-0.2, 0) is 4.79 Å². The van der Waals surface area contributed by atoms with E-state index in [1.165, 1.54) is 16.7 Å². The molecule has 1 aromatic carbocycles. The molecule has 1 aliphatic rings. The first-order valence-electron chi connectivity index (χ1n) is 9.18. The van der Waals surface area contributed by atoms with Gasteiger partial charge in [-0.25, -0.2) is 4.79 Å². The van der Waals surface area contributed by atoms with E-state index in [0.717, 1.165) is 44.2 Å². The number of nitrogens with one attached hydrogen (secondary N) is 1. The van der Waals surface area contributed by atoms with E-state index in [0.29, 0.717) is 5.92 Å². The van der Waals surface area contributed by atoms with Gasteiger partial charge < -0.3 is 10.4 Å². The maximum atomic E-state index is 10.6. The van der Waals surface area contributed by atoms with Crippen LogP contribution in [0.3, 0.4) is 0 Å². The number of carboxylic acid groups (broad SMARTS) is 1. The third-order valence-electron chi connectivity index (χ3n) is 4.23. The average Bonchev–Trinajstić information content (AvgIpc) is 2.61. The van der Waals surface area contributed by atoms with E-state index in [-0.39, 0.29) is 0 Å². The van der Waals surface area contributed by atoms with E-state index in [1.807, 2.05) is 12.1 Å². The van der Waals surface area contributed by atoms with E-state index in [1.54, 1.807) is 0 Å². The number of hydrogen-bond acceptors (Lipinski definition) is 3. The summed E-state index contributed by atoms with van der Waals surface area (Å²) < 4.78 is 31.7. The molecule has 1 heterocycles. The summed E-state index contributed by atoms with van der Waals surface area (Å²) in [5, 5.41) is 11.3. The van der Waals surface area contributed by atoms with Crippen LogP contribution in [0.2, 0.25) is 5.02 Å². The Bertz CT molecular complexity index is 652. The Morgan fingerprint density at radius 3 is 2.14 bits per heavy atom. The number of benzene rings is 1. The van der Waals surface area contributed by atoms with Crippen LogP contribution in [0.25, 0.3) is 5.57 Å². The summed E-state index contributed by atoms with van der Waals surface area (Å²) >= 11 is 6.03. The topological polar surface area (TPSA) is 52.6 Å². The molecule has 0 radical (unpaired) electrons. The Kier molecular flexibility index (Phi) is 9.99. The maximum absolute atomic E-state index is 10.6. The fourth-order valence-corrected chi connectivity index (χ4v) is 3.02. The summed E-state index contributed by atoms with van der Waals surface area (Å²) in [6, 6.07) is 8.30. The first-order chi connectivity index (χ1) is 13.0. The van der Waals surface area contributed by atoms with E-state index < -0.39 is 12.1 Å². The molecule has 28 heavy (non-hydrogen) atoms. The molecule has 1 aromatic rings. The van der Waals surface area contributed by atoms with Crippen LogP contribution in [0, 0.1) is 5.92 Å². The number of nitrogens with zero attached hydrogens (tertiary/aromatic N) is 1. The van der Waals surface area contributed by atoms with Gasteiger partial charge in [-0.15, -0.1) is 0 Å². The van der Waals surface area contributed by atoms with Gasteiger partial charge in [-0.3, -0.25) is 4.90 Å². The first-order valence-corrected chi connectivity index (χ1v) is 9.56. The molecule has 0 atom stereocenters. The molecule has 0 amide bonds. The summed E-state index contributed by atoms with van der Waals surface area (Å²) in [5.41, 5.74) is 4.30. The molecule has 0 aromatic heterocycles. The lowest BCUT2D eigenvalue weighted by Crippen LogP contribution is -2.44. The first kappa shape index (κ1) is 24.5. The van der Waals surface area contributed by atoms with Crippen LogP contribution >= 0.6 is 11.6 Å². The van der Waals surface area contributed by atoms with Crippen molar-refractivity contribution >= 4 is 23.1 Å². The number of hydrogen-bond donors (Lipinski definition) is 2. The number of aliphatic carboxylic acids is 1. The van der Waals surface area contributed by atoms with Gasteiger partial charge in [0.05, 0.1) is 0 Å². The quantitative estimate of drug-likeness (QED) is 0.725. The lowest BCUT2D eigenvalue weighted by Gasteiger charge is -2.28. The van der Waals surface area contributed by atoms with Crippen molar-refractivity contribution in [3.8, 4) is 0 Å². The van der Waals surface area contributed by atoms with Crippen molar-refractivity contribution in [3.05, 3.63) is 40.4 Å². The van der Waals surface area contributed by atoms with Gasteiger partial charge >= 0.3 is 12.1 Å². The standard InChI is InChI=1S/C18H27ClN2.C2HF3O2/c1-14(2)12-18(16-4-6-17(19)7-5-16)15(3)13-21-10-8-20-9-11-21;3-2(4,5)1(6)7/h4-7,14,20H,8-13H2,1-3H3;(H,6,7).